The highest BCUT2D eigenvalue weighted by Crippen LogP contribution is 2.26. The van der Waals surface area contributed by atoms with E-state index in [2.05, 4.69) is 0 Å². The molecule has 1 heterocycles. The lowest BCUT2D eigenvalue weighted by Gasteiger charge is -2.06. The van der Waals surface area contributed by atoms with Gasteiger partial charge in [-0.25, -0.2) is 0 Å². The normalized spacial score (nSPS) is 12.8. The lowest BCUT2D eigenvalue weighted by Crippen LogP contribution is -2.14. The van der Waals surface area contributed by atoms with E-state index in [-0.39, 0.29) is 6.42 Å². The van der Waals surface area contributed by atoms with E-state index in [1.165, 1.54) is 11.3 Å². The highest BCUT2D eigenvalue weighted by Gasteiger charge is 2.13. The molecule has 1 unspecified atom stereocenters. The predicted octanol–water partition coefficient (Wildman–Crippen LogP) is 0.805. The van der Waals surface area contributed by atoms with Gasteiger partial charge in [0.1, 0.15) is 0 Å². The molecule has 1 aromatic rings. The molecule has 4 nitrogen and oxygen atoms in total. The number of rotatable bonds is 3. The maximum atomic E-state index is 10.3. The molecule has 0 radical (unpaired) electrons. The fourth-order valence-electron chi connectivity index (χ4n) is 0.913. The van der Waals surface area contributed by atoms with Gasteiger partial charge in [0.05, 0.1) is 12.5 Å². The van der Waals surface area contributed by atoms with Crippen molar-refractivity contribution in [1.29, 1.82) is 0 Å². The second-order valence-corrected chi connectivity index (χ2v) is 3.39. The monoisotopic (exact) mass is 186 g/mol. The molecule has 0 aliphatic carbocycles. The number of hydrogen-bond donors (Lipinski definition) is 3. The molecule has 66 valence electrons. The fraction of sp³-hybridized carbons (Fsp3) is 0.286. The molecule has 12 heavy (non-hydrogen) atoms. The standard InChI is InChI=1S/C7H10N2O2S/c8-4-1-2-12-7(4)5(9)3-6(10)11/h1-2,5H,3,8-9H2,(H,10,11). The Bertz CT molecular complexity index is 285. The van der Waals surface area contributed by atoms with Gasteiger partial charge in [0.15, 0.2) is 0 Å². The van der Waals surface area contributed by atoms with Crippen molar-refractivity contribution in [2.75, 3.05) is 5.73 Å². The van der Waals surface area contributed by atoms with Crippen molar-refractivity contribution in [2.45, 2.75) is 12.5 Å². The van der Waals surface area contributed by atoms with Gasteiger partial charge in [-0.2, -0.15) is 0 Å². The number of aliphatic carboxylic acids is 1. The summed E-state index contributed by atoms with van der Waals surface area (Å²) in [6, 6.07) is 1.24. The van der Waals surface area contributed by atoms with Crippen LogP contribution in [0.5, 0.6) is 0 Å². The Balaban J connectivity index is 2.71. The van der Waals surface area contributed by atoms with E-state index in [0.29, 0.717) is 5.69 Å². The Kier molecular flexibility index (Phi) is 2.67. The third-order valence-electron chi connectivity index (χ3n) is 1.46. The lowest BCUT2D eigenvalue weighted by atomic mass is 10.2. The van der Waals surface area contributed by atoms with Crippen LogP contribution in [0, 0.1) is 0 Å². The smallest absolute Gasteiger partial charge is 0.305 e. The average molecular weight is 186 g/mol. The molecule has 0 aromatic carbocycles. The molecule has 0 saturated carbocycles. The average Bonchev–Trinajstić information content (AvgIpc) is 2.33. The molecule has 5 heteroatoms. The molecule has 1 atom stereocenters. The maximum Gasteiger partial charge on any atom is 0.305 e. The summed E-state index contributed by atoms with van der Waals surface area (Å²) in [6.07, 6.45) is -0.0787. The van der Waals surface area contributed by atoms with Gasteiger partial charge in [-0.3, -0.25) is 4.79 Å². The van der Waals surface area contributed by atoms with Crippen LogP contribution in [0.4, 0.5) is 5.69 Å². The summed E-state index contributed by atoms with van der Waals surface area (Å²) in [5.74, 6) is -0.907. The first-order chi connectivity index (χ1) is 5.61. The van der Waals surface area contributed by atoms with Crippen LogP contribution >= 0.6 is 11.3 Å². The lowest BCUT2D eigenvalue weighted by molar-refractivity contribution is -0.137. The van der Waals surface area contributed by atoms with Crippen molar-refractivity contribution < 1.29 is 9.90 Å². The van der Waals surface area contributed by atoms with E-state index in [1.807, 2.05) is 0 Å². The molecule has 0 fully saturated rings. The van der Waals surface area contributed by atoms with E-state index in [9.17, 15) is 4.79 Å². The van der Waals surface area contributed by atoms with Gasteiger partial charge in [-0.15, -0.1) is 11.3 Å². The van der Waals surface area contributed by atoms with E-state index in [4.69, 9.17) is 16.6 Å². The van der Waals surface area contributed by atoms with Gasteiger partial charge in [-0.05, 0) is 11.4 Å². The first-order valence-corrected chi connectivity index (χ1v) is 4.29. The van der Waals surface area contributed by atoms with Crippen LogP contribution in [0.3, 0.4) is 0 Å². The largest absolute Gasteiger partial charge is 0.481 e. The Morgan fingerprint density at radius 2 is 2.42 bits per heavy atom. The molecular formula is C7H10N2O2S. The minimum atomic E-state index is -0.907. The third-order valence-corrected chi connectivity index (χ3v) is 2.52. The first kappa shape index (κ1) is 9.02. The SMILES string of the molecule is Nc1ccsc1C(N)CC(=O)O. The van der Waals surface area contributed by atoms with Crippen molar-refractivity contribution in [3.63, 3.8) is 0 Å². The quantitative estimate of drug-likeness (QED) is 0.651. The summed E-state index contributed by atoms with van der Waals surface area (Å²) >= 11 is 1.39. The zero-order chi connectivity index (χ0) is 9.14. The first-order valence-electron chi connectivity index (χ1n) is 3.41. The molecule has 0 bridgehead atoms. The number of carboxylic acid groups (broad SMARTS) is 1. The van der Waals surface area contributed by atoms with E-state index >= 15 is 0 Å². The number of anilines is 1. The molecule has 0 aliphatic heterocycles. The summed E-state index contributed by atoms with van der Waals surface area (Å²) in [7, 11) is 0. The van der Waals surface area contributed by atoms with Crippen LogP contribution in [-0.4, -0.2) is 11.1 Å². The van der Waals surface area contributed by atoms with E-state index in [0.717, 1.165) is 4.88 Å². The summed E-state index contributed by atoms with van der Waals surface area (Å²) in [6.45, 7) is 0. The van der Waals surface area contributed by atoms with Crippen LogP contribution in [0.25, 0.3) is 0 Å². The predicted molar refractivity (Wildman–Crippen MR) is 47.9 cm³/mol. The number of nitrogens with two attached hydrogens (primary N) is 2. The van der Waals surface area contributed by atoms with Crippen LogP contribution in [-0.2, 0) is 4.79 Å². The Labute approximate surface area is 73.8 Å². The van der Waals surface area contributed by atoms with Crippen LogP contribution in [0.2, 0.25) is 0 Å². The zero-order valence-electron chi connectivity index (χ0n) is 6.36. The number of carbonyl (C=O) groups is 1. The van der Waals surface area contributed by atoms with Gasteiger partial charge in [0.2, 0.25) is 0 Å². The van der Waals surface area contributed by atoms with Gasteiger partial charge in [-0.1, -0.05) is 0 Å². The Morgan fingerprint density at radius 1 is 1.75 bits per heavy atom. The number of carboxylic acids is 1. The summed E-state index contributed by atoms with van der Waals surface area (Å²) < 4.78 is 0. The Morgan fingerprint density at radius 3 is 2.83 bits per heavy atom. The minimum Gasteiger partial charge on any atom is -0.481 e. The number of nitrogen functional groups attached to an aromatic ring is 1. The molecule has 5 N–H and O–H groups in total. The zero-order valence-corrected chi connectivity index (χ0v) is 7.17. The summed E-state index contributed by atoms with van der Waals surface area (Å²) in [5, 5.41) is 10.3. The van der Waals surface area contributed by atoms with Crippen molar-refractivity contribution in [2.24, 2.45) is 5.73 Å². The highest BCUT2D eigenvalue weighted by molar-refractivity contribution is 7.10. The van der Waals surface area contributed by atoms with Gasteiger partial charge in [0.25, 0.3) is 0 Å². The van der Waals surface area contributed by atoms with Gasteiger partial charge in [0, 0.05) is 10.6 Å². The van der Waals surface area contributed by atoms with Gasteiger partial charge < -0.3 is 16.6 Å². The van der Waals surface area contributed by atoms with Crippen LogP contribution < -0.4 is 11.5 Å². The molecule has 1 aromatic heterocycles. The third kappa shape index (κ3) is 1.96. The molecule has 0 spiro atoms. The van der Waals surface area contributed by atoms with Crippen LogP contribution in [0.15, 0.2) is 11.4 Å². The van der Waals surface area contributed by atoms with E-state index in [1.54, 1.807) is 11.4 Å². The minimum absolute atomic E-state index is 0.0787. The van der Waals surface area contributed by atoms with Crippen molar-refractivity contribution in [1.82, 2.24) is 0 Å². The fourth-order valence-corrected chi connectivity index (χ4v) is 1.74. The molecule has 0 saturated heterocycles. The summed E-state index contributed by atoms with van der Waals surface area (Å²) in [5.41, 5.74) is 11.7. The van der Waals surface area contributed by atoms with E-state index < -0.39 is 12.0 Å². The molecule has 0 amide bonds. The maximum absolute atomic E-state index is 10.3. The van der Waals surface area contributed by atoms with Crippen molar-refractivity contribution in [3.05, 3.63) is 16.3 Å². The molecular weight excluding hydrogens is 176 g/mol. The second kappa shape index (κ2) is 3.55. The molecule has 0 aliphatic rings. The summed E-state index contributed by atoms with van der Waals surface area (Å²) in [4.78, 5) is 11.0. The molecule has 1 rings (SSSR count). The number of thiophene rings is 1. The highest BCUT2D eigenvalue weighted by atomic mass is 32.1. The topological polar surface area (TPSA) is 89.3 Å². The number of hydrogen-bond acceptors (Lipinski definition) is 4. The second-order valence-electron chi connectivity index (χ2n) is 2.44. The van der Waals surface area contributed by atoms with Crippen molar-refractivity contribution in [3.8, 4) is 0 Å². The van der Waals surface area contributed by atoms with Crippen molar-refractivity contribution >= 4 is 23.0 Å². The van der Waals surface area contributed by atoms with Crippen LogP contribution in [0.1, 0.15) is 17.3 Å². The van der Waals surface area contributed by atoms with Gasteiger partial charge >= 0.3 is 5.97 Å². The Hall–Kier alpha value is -1.07.